The monoisotopic (exact) mass is 299 g/mol. The molecule has 3 aromatic carbocycles. The average Bonchev–Trinajstić information content (AvgIpc) is 2.62. The van der Waals surface area contributed by atoms with E-state index in [1.165, 1.54) is 0 Å². The van der Waals surface area contributed by atoms with Gasteiger partial charge < -0.3 is 4.98 Å². The number of H-pyrrole nitrogens is 1. The lowest BCUT2D eigenvalue weighted by molar-refractivity contribution is 0.104. The van der Waals surface area contributed by atoms with Crippen molar-refractivity contribution < 1.29 is 4.79 Å². The van der Waals surface area contributed by atoms with E-state index in [1.807, 2.05) is 36.4 Å². The van der Waals surface area contributed by atoms with E-state index in [9.17, 15) is 9.59 Å². The van der Waals surface area contributed by atoms with E-state index in [-0.39, 0.29) is 11.2 Å². The lowest BCUT2D eigenvalue weighted by Gasteiger charge is -2.08. The zero-order valence-electron chi connectivity index (χ0n) is 12.2. The molecule has 23 heavy (non-hydrogen) atoms. The van der Waals surface area contributed by atoms with Gasteiger partial charge in [-0.1, -0.05) is 48.5 Å². The van der Waals surface area contributed by atoms with Crippen LogP contribution in [0.15, 0.2) is 77.6 Å². The molecule has 0 spiro atoms. The Balaban J connectivity index is 2.05. The summed E-state index contributed by atoms with van der Waals surface area (Å²) in [6, 6.07) is 21.7. The number of nitrogens with one attached hydrogen (secondary N) is 1. The van der Waals surface area contributed by atoms with E-state index < -0.39 is 0 Å². The highest BCUT2D eigenvalue weighted by Gasteiger charge is 2.15. The lowest BCUT2D eigenvalue weighted by Crippen LogP contribution is -2.09. The van der Waals surface area contributed by atoms with Gasteiger partial charge in [-0.15, -0.1) is 0 Å². The Hall–Kier alpha value is -3.20. The van der Waals surface area contributed by atoms with Gasteiger partial charge in [0.25, 0.3) is 0 Å². The van der Waals surface area contributed by atoms with E-state index in [4.69, 9.17) is 0 Å². The van der Waals surface area contributed by atoms with Crippen LogP contribution in [0.4, 0.5) is 0 Å². The number of rotatable bonds is 2. The van der Waals surface area contributed by atoms with Gasteiger partial charge in [0.1, 0.15) is 0 Å². The third kappa shape index (κ3) is 2.14. The third-order valence-electron chi connectivity index (χ3n) is 4.02. The van der Waals surface area contributed by atoms with Crippen molar-refractivity contribution in [3.63, 3.8) is 0 Å². The summed E-state index contributed by atoms with van der Waals surface area (Å²) in [4.78, 5) is 28.7. The van der Waals surface area contributed by atoms with Crippen LogP contribution < -0.4 is 5.43 Å². The maximum atomic E-state index is 12.8. The number of fused-ring (bicyclic) bond motifs is 2. The smallest absolute Gasteiger partial charge is 0.197 e. The summed E-state index contributed by atoms with van der Waals surface area (Å²) in [5.41, 5.74) is 2.38. The fourth-order valence-corrected chi connectivity index (χ4v) is 2.88. The van der Waals surface area contributed by atoms with Crippen molar-refractivity contribution in [3.05, 3.63) is 94.1 Å². The van der Waals surface area contributed by atoms with Gasteiger partial charge in [-0.2, -0.15) is 0 Å². The van der Waals surface area contributed by atoms with Gasteiger partial charge in [0, 0.05) is 27.4 Å². The quantitative estimate of drug-likeness (QED) is 0.450. The zero-order valence-corrected chi connectivity index (χ0v) is 12.2. The molecule has 110 valence electrons. The largest absolute Gasteiger partial charge is 0.354 e. The molecule has 3 nitrogen and oxygen atoms in total. The number of para-hydroxylation sites is 2. The third-order valence-corrected chi connectivity index (χ3v) is 4.02. The summed E-state index contributed by atoms with van der Waals surface area (Å²) in [7, 11) is 0. The summed E-state index contributed by atoms with van der Waals surface area (Å²) in [6.45, 7) is 0. The number of carbonyl (C=O) groups is 1. The predicted molar refractivity (Wildman–Crippen MR) is 91.9 cm³/mol. The Kier molecular flexibility index (Phi) is 3.05. The molecule has 1 N–H and O–H groups in total. The highest BCUT2D eigenvalue weighted by molar-refractivity contribution is 6.16. The first-order chi connectivity index (χ1) is 11.3. The van der Waals surface area contributed by atoms with Crippen LogP contribution in [-0.2, 0) is 0 Å². The second kappa shape index (κ2) is 5.21. The molecule has 1 heterocycles. The first-order valence-electron chi connectivity index (χ1n) is 7.39. The molecule has 0 aliphatic rings. The second-order valence-electron chi connectivity index (χ2n) is 5.42. The highest BCUT2D eigenvalue weighted by Crippen LogP contribution is 2.20. The Morgan fingerprint density at radius 2 is 1.43 bits per heavy atom. The maximum absolute atomic E-state index is 12.8. The van der Waals surface area contributed by atoms with Gasteiger partial charge in [-0.3, -0.25) is 9.59 Å². The molecule has 4 rings (SSSR count). The molecule has 0 bridgehead atoms. The van der Waals surface area contributed by atoms with Crippen LogP contribution in [0.25, 0.3) is 21.8 Å². The summed E-state index contributed by atoms with van der Waals surface area (Å²) >= 11 is 0. The van der Waals surface area contributed by atoms with Crippen molar-refractivity contribution in [1.82, 2.24) is 4.98 Å². The van der Waals surface area contributed by atoms with Crippen molar-refractivity contribution in [2.45, 2.75) is 0 Å². The molecule has 4 aromatic rings. The van der Waals surface area contributed by atoms with E-state index >= 15 is 0 Å². The first kappa shape index (κ1) is 13.5. The number of hydrogen-bond acceptors (Lipinski definition) is 2. The number of pyridine rings is 1. The average molecular weight is 299 g/mol. The van der Waals surface area contributed by atoms with Crippen LogP contribution in [-0.4, -0.2) is 10.8 Å². The number of aromatic amines is 1. The van der Waals surface area contributed by atoms with E-state index in [1.54, 1.807) is 36.4 Å². The number of ketones is 1. The summed E-state index contributed by atoms with van der Waals surface area (Å²) < 4.78 is 0. The van der Waals surface area contributed by atoms with Gasteiger partial charge in [0.05, 0.1) is 5.52 Å². The van der Waals surface area contributed by atoms with Gasteiger partial charge in [0.2, 0.25) is 0 Å². The van der Waals surface area contributed by atoms with Crippen molar-refractivity contribution in [2.24, 2.45) is 0 Å². The second-order valence-corrected chi connectivity index (χ2v) is 5.42. The topological polar surface area (TPSA) is 49.9 Å². The minimum atomic E-state index is -0.0952. The molecular formula is C20H13NO2. The molecule has 0 saturated heterocycles. The van der Waals surface area contributed by atoms with Crippen molar-refractivity contribution in [2.75, 3.05) is 0 Å². The summed E-state index contributed by atoms with van der Waals surface area (Å²) in [6.07, 6.45) is 0. The lowest BCUT2D eigenvalue weighted by atomic mass is 9.99. The minimum absolute atomic E-state index is 0.0583. The molecule has 0 atom stereocenters. The van der Waals surface area contributed by atoms with E-state index in [2.05, 4.69) is 4.98 Å². The normalized spacial score (nSPS) is 11.0. The van der Waals surface area contributed by atoms with Crippen molar-refractivity contribution in [3.8, 4) is 0 Å². The molecular weight excluding hydrogens is 286 g/mol. The molecule has 3 heteroatoms. The number of hydrogen-bond donors (Lipinski definition) is 1. The zero-order chi connectivity index (χ0) is 15.8. The standard InChI is InChI=1S/C20H13NO2/c22-19(13-7-2-1-3-8-13)15-10-6-11-16-18(15)21-17-12-5-4-9-14(17)20(16)23/h1-12H,(H,21,23). The van der Waals surface area contributed by atoms with Crippen LogP contribution in [0.1, 0.15) is 15.9 Å². The van der Waals surface area contributed by atoms with Crippen molar-refractivity contribution >= 4 is 27.6 Å². The molecule has 0 radical (unpaired) electrons. The molecule has 0 aliphatic heterocycles. The van der Waals surface area contributed by atoms with Crippen LogP contribution in [0.3, 0.4) is 0 Å². The van der Waals surface area contributed by atoms with E-state index in [0.717, 1.165) is 5.52 Å². The number of carbonyl (C=O) groups excluding carboxylic acids is 1. The van der Waals surface area contributed by atoms with Crippen LogP contribution in [0.2, 0.25) is 0 Å². The van der Waals surface area contributed by atoms with Crippen LogP contribution in [0, 0.1) is 0 Å². The fourth-order valence-electron chi connectivity index (χ4n) is 2.88. The number of aromatic nitrogens is 1. The Morgan fingerprint density at radius 3 is 2.26 bits per heavy atom. The Bertz CT molecular complexity index is 1090. The molecule has 0 saturated carbocycles. The first-order valence-corrected chi connectivity index (χ1v) is 7.39. The van der Waals surface area contributed by atoms with Gasteiger partial charge in [-0.05, 0) is 24.3 Å². The summed E-state index contributed by atoms with van der Waals surface area (Å²) in [5, 5.41) is 1.16. The molecule has 1 aromatic heterocycles. The SMILES string of the molecule is O=C(c1ccccc1)c1cccc2c(=O)c3ccccc3[nH]c12. The Morgan fingerprint density at radius 1 is 0.739 bits per heavy atom. The number of benzene rings is 3. The predicted octanol–water partition coefficient (Wildman–Crippen LogP) is 3.91. The van der Waals surface area contributed by atoms with E-state index in [0.29, 0.717) is 27.4 Å². The van der Waals surface area contributed by atoms with Gasteiger partial charge in [0.15, 0.2) is 11.2 Å². The molecule has 0 unspecified atom stereocenters. The van der Waals surface area contributed by atoms with Gasteiger partial charge in [-0.25, -0.2) is 0 Å². The van der Waals surface area contributed by atoms with Crippen LogP contribution in [0.5, 0.6) is 0 Å². The summed E-state index contributed by atoms with van der Waals surface area (Å²) in [5.74, 6) is -0.0952. The molecule has 0 fully saturated rings. The molecule has 0 amide bonds. The Labute approximate surface area is 132 Å². The molecule has 0 aliphatic carbocycles. The maximum Gasteiger partial charge on any atom is 0.197 e. The highest BCUT2D eigenvalue weighted by atomic mass is 16.1. The fraction of sp³-hybridized carbons (Fsp3) is 0. The van der Waals surface area contributed by atoms with Gasteiger partial charge >= 0.3 is 0 Å². The van der Waals surface area contributed by atoms with Crippen molar-refractivity contribution in [1.29, 1.82) is 0 Å². The van der Waals surface area contributed by atoms with Crippen LogP contribution >= 0.6 is 0 Å². The minimum Gasteiger partial charge on any atom is -0.354 e.